The van der Waals surface area contributed by atoms with Gasteiger partial charge in [-0.1, -0.05) is 38.0 Å². The number of carbonyl (C=O) groups excluding carboxylic acids is 2. The smallest absolute Gasteiger partial charge is 0.321 e. The van der Waals surface area contributed by atoms with Crippen LogP contribution in [0.15, 0.2) is 35.2 Å². The molecule has 0 unspecified atom stereocenters. The van der Waals surface area contributed by atoms with Crippen LogP contribution in [0.2, 0.25) is 0 Å². The molecule has 1 aromatic carbocycles. The minimum atomic E-state index is -0.368. The van der Waals surface area contributed by atoms with Gasteiger partial charge in [-0.15, -0.1) is 11.8 Å². The Morgan fingerprint density at radius 1 is 1.19 bits per heavy atom. The van der Waals surface area contributed by atoms with E-state index in [0.29, 0.717) is 5.92 Å². The predicted molar refractivity (Wildman–Crippen MR) is 85.3 cm³/mol. The van der Waals surface area contributed by atoms with Crippen LogP contribution in [0, 0.1) is 5.92 Å². The Labute approximate surface area is 130 Å². The fourth-order valence-electron chi connectivity index (χ4n) is 2.56. The molecule has 1 aliphatic rings. The van der Waals surface area contributed by atoms with E-state index < -0.39 is 0 Å². The maximum Gasteiger partial charge on any atom is 0.321 e. The molecule has 4 nitrogen and oxygen atoms in total. The Hall–Kier alpha value is -1.49. The third-order valence-corrected chi connectivity index (χ3v) is 4.81. The average Bonchev–Trinajstić information content (AvgIpc) is 2.48. The lowest BCUT2D eigenvalue weighted by molar-refractivity contribution is -0.117. The van der Waals surface area contributed by atoms with Crippen molar-refractivity contribution in [2.24, 2.45) is 5.92 Å². The molecule has 0 aliphatic heterocycles. The first-order valence-corrected chi connectivity index (χ1v) is 8.42. The van der Waals surface area contributed by atoms with E-state index in [0.717, 1.165) is 24.2 Å². The summed E-state index contributed by atoms with van der Waals surface area (Å²) in [6.07, 6.45) is 4.52. The van der Waals surface area contributed by atoms with Crippen LogP contribution in [0.4, 0.5) is 4.79 Å². The zero-order chi connectivity index (χ0) is 15.1. The lowest BCUT2D eigenvalue weighted by atomic mass is 9.86. The highest BCUT2D eigenvalue weighted by molar-refractivity contribution is 8.00. The number of urea groups is 1. The van der Waals surface area contributed by atoms with Crippen molar-refractivity contribution in [2.45, 2.75) is 43.5 Å². The van der Waals surface area contributed by atoms with Crippen LogP contribution in [0.1, 0.15) is 32.6 Å². The van der Waals surface area contributed by atoms with Gasteiger partial charge >= 0.3 is 6.03 Å². The third-order valence-electron chi connectivity index (χ3n) is 3.79. The van der Waals surface area contributed by atoms with Crippen molar-refractivity contribution < 1.29 is 9.59 Å². The second-order valence-electron chi connectivity index (χ2n) is 5.49. The topological polar surface area (TPSA) is 58.2 Å². The number of hydrogen-bond donors (Lipinski definition) is 2. The van der Waals surface area contributed by atoms with Crippen molar-refractivity contribution in [3.8, 4) is 0 Å². The predicted octanol–water partition coefficient (Wildman–Crippen LogP) is 3.18. The summed E-state index contributed by atoms with van der Waals surface area (Å²) >= 11 is 1.43. The van der Waals surface area contributed by atoms with E-state index in [1.54, 1.807) is 0 Å². The molecule has 0 spiro atoms. The SMILES string of the molecule is C[C@H]1CCCC[C@@H]1NC(=O)NC(=O)CSc1ccccc1. The highest BCUT2D eigenvalue weighted by Crippen LogP contribution is 2.23. The van der Waals surface area contributed by atoms with E-state index in [-0.39, 0.29) is 23.7 Å². The zero-order valence-electron chi connectivity index (χ0n) is 12.3. The van der Waals surface area contributed by atoms with Crippen LogP contribution in [0.25, 0.3) is 0 Å². The molecule has 2 atom stereocenters. The Balaban J connectivity index is 1.70. The van der Waals surface area contributed by atoms with Crippen molar-refractivity contribution in [2.75, 3.05) is 5.75 Å². The molecule has 0 aromatic heterocycles. The van der Waals surface area contributed by atoms with Crippen LogP contribution in [-0.4, -0.2) is 23.7 Å². The van der Waals surface area contributed by atoms with Crippen LogP contribution in [0.5, 0.6) is 0 Å². The van der Waals surface area contributed by atoms with Crippen molar-refractivity contribution in [1.29, 1.82) is 0 Å². The summed E-state index contributed by atoms with van der Waals surface area (Å²) in [6, 6.07) is 9.50. The maximum absolute atomic E-state index is 11.8. The van der Waals surface area contributed by atoms with E-state index in [1.165, 1.54) is 18.2 Å². The van der Waals surface area contributed by atoms with Gasteiger partial charge in [-0.05, 0) is 30.9 Å². The second-order valence-corrected chi connectivity index (χ2v) is 6.54. The normalized spacial score (nSPS) is 21.6. The van der Waals surface area contributed by atoms with Crippen LogP contribution >= 0.6 is 11.8 Å². The van der Waals surface area contributed by atoms with Gasteiger partial charge in [0.15, 0.2) is 0 Å². The van der Waals surface area contributed by atoms with Gasteiger partial charge in [0.25, 0.3) is 0 Å². The number of imide groups is 1. The minimum Gasteiger partial charge on any atom is -0.335 e. The van der Waals surface area contributed by atoms with Crippen molar-refractivity contribution in [3.63, 3.8) is 0 Å². The Kier molecular flexibility index (Phi) is 6.11. The molecular weight excluding hydrogens is 284 g/mol. The van der Waals surface area contributed by atoms with E-state index in [2.05, 4.69) is 17.6 Å². The fourth-order valence-corrected chi connectivity index (χ4v) is 3.28. The van der Waals surface area contributed by atoms with Crippen LogP contribution in [0.3, 0.4) is 0 Å². The Bertz CT molecular complexity index is 478. The highest BCUT2D eigenvalue weighted by atomic mass is 32.2. The monoisotopic (exact) mass is 306 g/mol. The molecule has 1 fully saturated rings. The summed E-state index contributed by atoms with van der Waals surface area (Å²) in [5.41, 5.74) is 0. The molecule has 0 radical (unpaired) electrons. The lowest BCUT2D eigenvalue weighted by Gasteiger charge is -2.29. The molecule has 1 saturated carbocycles. The lowest BCUT2D eigenvalue weighted by Crippen LogP contribution is -2.48. The number of rotatable bonds is 4. The van der Waals surface area contributed by atoms with Crippen molar-refractivity contribution in [3.05, 3.63) is 30.3 Å². The average molecular weight is 306 g/mol. The Morgan fingerprint density at radius 2 is 1.90 bits per heavy atom. The highest BCUT2D eigenvalue weighted by Gasteiger charge is 2.23. The van der Waals surface area contributed by atoms with Crippen molar-refractivity contribution >= 4 is 23.7 Å². The summed E-state index contributed by atoms with van der Waals surface area (Å²) < 4.78 is 0. The van der Waals surface area contributed by atoms with Gasteiger partial charge in [0, 0.05) is 10.9 Å². The standard InChI is InChI=1S/C16H22N2O2S/c1-12-7-5-6-10-14(12)17-16(20)18-15(19)11-21-13-8-3-2-4-9-13/h2-4,8-9,12,14H,5-7,10-11H2,1H3,(H2,17,18,19,20)/t12-,14-/m0/s1. The second kappa shape index (κ2) is 8.08. The van der Waals surface area contributed by atoms with Crippen LogP contribution in [-0.2, 0) is 4.79 Å². The summed E-state index contributed by atoms with van der Waals surface area (Å²) in [4.78, 5) is 24.6. The molecule has 5 heteroatoms. The van der Waals surface area contributed by atoms with E-state index in [9.17, 15) is 9.59 Å². The van der Waals surface area contributed by atoms with Gasteiger partial charge in [-0.25, -0.2) is 4.79 Å². The van der Waals surface area contributed by atoms with Gasteiger partial charge in [0.05, 0.1) is 5.75 Å². The number of thioether (sulfide) groups is 1. The number of benzene rings is 1. The molecule has 1 aromatic rings. The first-order valence-electron chi connectivity index (χ1n) is 7.43. The molecule has 2 N–H and O–H groups in total. The third kappa shape index (κ3) is 5.42. The number of hydrogen-bond acceptors (Lipinski definition) is 3. The zero-order valence-corrected chi connectivity index (χ0v) is 13.1. The van der Waals surface area contributed by atoms with Gasteiger partial charge in [-0.2, -0.15) is 0 Å². The summed E-state index contributed by atoms with van der Waals surface area (Å²) in [5.74, 6) is 0.473. The fraction of sp³-hybridized carbons (Fsp3) is 0.500. The number of nitrogens with one attached hydrogen (secondary N) is 2. The number of carbonyl (C=O) groups is 2. The Morgan fingerprint density at radius 3 is 2.62 bits per heavy atom. The molecule has 0 bridgehead atoms. The van der Waals surface area contributed by atoms with Gasteiger partial charge < -0.3 is 5.32 Å². The number of amides is 3. The molecule has 2 rings (SSSR count). The van der Waals surface area contributed by atoms with Gasteiger partial charge in [0.2, 0.25) is 5.91 Å². The molecule has 114 valence electrons. The molecular formula is C16H22N2O2S. The molecule has 0 heterocycles. The molecule has 1 aliphatic carbocycles. The molecule has 3 amide bonds. The molecule has 21 heavy (non-hydrogen) atoms. The largest absolute Gasteiger partial charge is 0.335 e. The van der Waals surface area contributed by atoms with E-state index >= 15 is 0 Å². The van der Waals surface area contributed by atoms with Gasteiger partial charge in [-0.3, -0.25) is 10.1 Å². The van der Waals surface area contributed by atoms with Crippen molar-refractivity contribution in [1.82, 2.24) is 10.6 Å². The van der Waals surface area contributed by atoms with Crippen LogP contribution < -0.4 is 10.6 Å². The maximum atomic E-state index is 11.8. The summed E-state index contributed by atoms with van der Waals surface area (Å²) in [5, 5.41) is 5.33. The van der Waals surface area contributed by atoms with E-state index in [1.807, 2.05) is 30.3 Å². The quantitative estimate of drug-likeness (QED) is 0.840. The summed E-state index contributed by atoms with van der Waals surface area (Å²) in [7, 11) is 0. The summed E-state index contributed by atoms with van der Waals surface area (Å²) in [6.45, 7) is 2.15. The van der Waals surface area contributed by atoms with Gasteiger partial charge in [0.1, 0.15) is 0 Å². The first kappa shape index (κ1) is 15.9. The minimum absolute atomic E-state index is 0.188. The van der Waals surface area contributed by atoms with E-state index in [4.69, 9.17) is 0 Å². The molecule has 0 saturated heterocycles. The first-order chi connectivity index (χ1) is 10.1.